The molecule has 2 rings (SSSR count). The molecule has 0 spiro atoms. The predicted molar refractivity (Wildman–Crippen MR) is 60.2 cm³/mol. The molecule has 0 aliphatic heterocycles. The molecule has 4 atom stereocenters. The zero-order valence-electron chi connectivity index (χ0n) is 9.54. The van der Waals surface area contributed by atoms with E-state index in [1.807, 2.05) is 0 Å². The van der Waals surface area contributed by atoms with Crippen LogP contribution in [-0.2, 0) is 4.79 Å². The Bertz CT molecular complexity index is 242. The second kappa shape index (κ2) is 4.52. The number of rotatable bonds is 4. The van der Waals surface area contributed by atoms with Crippen LogP contribution in [0.2, 0.25) is 0 Å². The van der Waals surface area contributed by atoms with Crippen molar-refractivity contribution in [1.29, 1.82) is 0 Å². The third kappa shape index (κ3) is 2.51. The van der Waals surface area contributed by atoms with Gasteiger partial charge in [-0.2, -0.15) is 0 Å². The van der Waals surface area contributed by atoms with E-state index in [2.05, 4.69) is 12.2 Å². The third-order valence-electron chi connectivity index (χ3n) is 4.11. The highest BCUT2D eigenvalue weighted by atomic mass is 16.1. The number of amides is 1. The minimum Gasteiger partial charge on any atom is -0.356 e. The van der Waals surface area contributed by atoms with E-state index in [4.69, 9.17) is 5.73 Å². The van der Waals surface area contributed by atoms with E-state index in [0.717, 1.165) is 31.2 Å². The maximum absolute atomic E-state index is 11.9. The monoisotopic (exact) mass is 210 g/mol. The molecule has 0 aromatic carbocycles. The molecule has 4 unspecified atom stereocenters. The summed E-state index contributed by atoms with van der Waals surface area (Å²) in [5.74, 6) is 2.44. The highest BCUT2D eigenvalue weighted by Gasteiger charge is 2.35. The SMILES string of the molecule is CC1CC1CNC(=O)C1CCCC1CN. The molecule has 3 nitrogen and oxygen atoms in total. The van der Waals surface area contributed by atoms with Crippen LogP contribution in [0.5, 0.6) is 0 Å². The van der Waals surface area contributed by atoms with Gasteiger partial charge in [0.25, 0.3) is 0 Å². The van der Waals surface area contributed by atoms with Crippen molar-refractivity contribution < 1.29 is 4.79 Å². The summed E-state index contributed by atoms with van der Waals surface area (Å²) in [5.41, 5.74) is 5.67. The summed E-state index contributed by atoms with van der Waals surface area (Å²) in [6.07, 6.45) is 4.62. The molecule has 0 bridgehead atoms. The Labute approximate surface area is 91.8 Å². The van der Waals surface area contributed by atoms with Crippen molar-refractivity contribution in [2.45, 2.75) is 32.6 Å². The van der Waals surface area contributed by atoms with Gasteiger partial charge in [-0.15, -0.1) is 0 Å². The molecule has 15 heavy (non-hydrogen) atoms. The normalized spacial score (nSPS) is 39.1. The maximum Gasteiger partial charge on any atom is 0.223 e. The van der Waals surface area contributed by atoms with Crippen molar-refractivity contribution in [2.24, 2.45) is 29.4 Å². The number of nitrogens with two attached hydrogens (primary N) is 1. The van der Waals surface area contributed by atoms with Crippen LogP contribution in [0.3, 0.4) is 0 Å². The van der Waals surface area contributed by atoms with Crippen LogP contribution in [0.4, 0.5) is 0 Å². The Kier molecular flexibility index (Phi) is 3.29. The molecule has 2 aliphatic carbocycles. The smallest absolute Gasteiger partial charge is 0.223 e. The van der Waals surface area contributed by atoms with E-state index >= 15 is 0 Å². The van der Waals surface area contributed by atoms with Gasteiger partial charge in [0.2, 0.25) is 5.91 Å². The Morgan fingerprint density at radius 3 is 2.73 bits per heavy atom. The lowest BCUT2D eigenvalue weighted by molar-refractivity contribution is -0.126. The molecule has 0 saturated heterocycles. The number of carbonyl (C=O) groups excluding carboxylic acids is 1. The van der Waals surface area contributed by atoms with Crippen LogP contribution in [0.25, 0.3) is 0 Å². The first-order valence-corrected chi connectivity index (χ1v) is 6.20. The largest absolute Gasteiger partial charge is 0.356 e. The van der Waals surface area contributed by atoms with Crippen molar-refractivity contribution in [3.05, 3.63) is 0 Å². The predicted octanol–water partition coefficient (Wildman–Crippen LogP) is 1.13. The minimum atomic E-state index is 0.198. The number of carbonyl (C=O) groups is 1. The number of nitrogens with one attached hydrogen (secondary N) is 1. The molecular weight excluding hydrogens is 188 g/mol. The lowest BCUT2D eigenvalue weighted by atomic mass is 9.95. The Morgan fingerprint density at radius 2 is 2.13 bits per heavy atom. The summed E-state index contributed by atoms with van der Waals surface area (Å²) in [7, 11) is 0. The van der Waals surface area contributed by atoms with E-state index in [1.54, 1.807) is 0 Å². The topological polar surface area (TPSA) is 55.1 Å². The van der Waals surface area contributed by atoms with Gasteiger partial charge in [0.15, 0.2) is 0 Å². The Hall–Kier alpha value is -0.570. The summed E-state index contributed by atoms with van der Waals surface area (Å²) < 4.78 is 0. The van der Waals surface area contributed by atoms with Crippen LogP contribution in [0, 0.1) is 23.7 Å². The van der Waals surface area contributed by atoms with Crippen molar-refractivity contribution >= 4 is 5.91 Å². The maximum atomic E-state index is 11.9. The average molecular weight is 210 g/mol. The first-order valence-electron chi connectivity index (χ1n) is 6.20. The van der Waals surface area contributed by atoms with Crippen molar-refractivity contribution in [2.75, 3.05) is 13.1 Å². The molecule has 2 aliphatic rings. The first-order chi connectivity index (χ1) is 7.22. The van der Waals surface area contributed by atoms with Crippen LogP contribution >= 0.6 is 0 Å². The minimum absolute atomic E-state index is 0.198. The van der Waals surface area contributed by atoms with Crippen molar-refractivity contribution in [1.82, 2.24) is 5.32 Å². The van der Waals surface area contributed by atoms with E-state index < -0.39 is 0 Å². The summed E-state index contributed by atoms with van der Waals surface area (Å²) in [6.45, 7) is 3.79. The summed E-state index contributed by atoms with van der Waals surface area (Å²) in [4.78, 5) is 11.9. The zero-order chi connectivity index (χ0) is 10.8. The summed E-state index contributed by atoms with van der Waals surface area (Å²) in [5, 5.41) is 3.09. The highest BCUT2D eigenvalue weighted by Crippen LogP contribution is 2.37. The second-order valence-corrected chi connectivity index (χ2v) is 5.25. The molecule has 3 N–H and O–H groups in total. The lowest BCUT2D eigenvalue weighted by Gasteiger charge is -2.17. The van der Waals surface area contributed by atoms with Crippen LogP contribution < -0.4 is 11.1 Å². The van der Waals surface area contributed by atoms with E-state index in [0.29, 0.717) is 12.5 Å². The first kappa shape index (κ1) is 10.9. The van der Waals surface area contributed by atoms with Gasteiger partial charge >= 0.3 is 0 Å². The summed E-state index contributed by atoms with van der Waals surface area (Å²) >= 11 is 0. The molecule has 0 radical (unpaired) electrons. The Balaban J connectivity index is 1.74. The molecule has 0 heterocycles. The van der Waals surface area contributed by atoms with Crippen LogP contribution in [0.1, 0.15) is 32.6 Å². The molecular formula is C12H22N2O. The second-order valence-electron chi connectivity index (χ2n) is 5.25. The van der Waals surface area contributed by atoms with Crippen molar-refractivity contribution in [3.63, 3.8) is 0 Å². The van der Waals surface area contributed by atoms with E-state index in [9.17, 15) is 4.79 Å². The van der Waals surface area contributed by atoms with E-state index in [1.165, 1.54) is 12.8 Å². The summed E-state index contributed by atoms with van der Waals surface area (Å²) in [6, 6.07) is 0. The molecule has 1 amide bonds. The third-order valence-corrected chi connectivity index (χ3v) is 4.11. The lowest BCUT2D eigenvalue weighted by Crippen LogP contribution is -2.36. The van der Waals surface area contributed by atoms with Gasteiger partial charge in [-0.1, -0.05) is 13.3 Å². The fraction of sp³-hybridized carbons (Fsp3) is 0.917. The molecule has 2 fully saturated rings. The van der Waals surface area contributed by atoms with Crippen LogP contribution in [0.15, 0.2) is 0 Å². The fourth-order valence-electron chi connectivity index (χ4n) is 2.71. The van der Waals surface area contributed by atoms with Gasteiger partial charge in [-0.3, -0.25) is 4.79 Å². The standard InChI is InChI=1S/C12H22N2O/c1-8-5-10(8)7-14-12(15)11-4-2-3-9(11)6-13/h8-11H,2-7,13H2,1H3,(H,14,15). The molecule has 3 heteroatoms. The van der Waals surface area contributed by atoms with Gasteiger partial charge < -0.3 is 11.1 Å². The molecule has 0 aromatic rings. The van der Waals surface area contributed by atoms with Gasteiger partial charge in [-0.25, -0.2) is 0 Å². The van der Waals surface area contributed by atoms with E-state index in [-0.39, 0.29) is 11.8 Å². The molecule has 2 saturated carbocycles. The van der Waals surface area contributed by atoms with Gasteiger partial charge in [-0.05, 0) is 43.6 Å². The van der Waals surface area contributed by atoms with Gasteiger partial charge in [0.1, 0.15) is 0 Å². The molecule has 0 aromatic heterocycles. The average Bonchev–Trinajstić information content (AvgIpc) is 2.78. The number of hydrogen-bond acceptors (Lipinski definition) is 2. The zero-order valence-corrected chi connectivity index (χ0v) is 9.54. The van der Waals surface area contributed by atoms with Gasteiger partial charge in [0.05, 0.1) is 0 Å². The van der Waals surface area contributed by atoms with Crippen molar-refractivity contribution in [3.8, 4) is 0 Å². The Morgan fingerprint density at radius 1 is 1.40 bits per heavy atom. The van der Waals surface area contributed by atoms with Gasteiger partial charge in [0, 0.05) is 12.5 Å². The van der Waals surface area contributed by atoms with Crippen LogP contribution in [-0.4, -0.2) is 19.0 Å². The molecule has 86 valence electrons. The number of hydrogen-bond donors (Lipinski definition) is 2. The highest BCUT2D eigenvalue weighted by molar-refractivity contribution is 5.79. The quantitative estimate of drug-likeness (QED) is 0.731. The fourth-order valence-corrected chi connectivity index (χ4v) is 2.71.